The molecule has 0 bridgehead atoms. The van der Waals surface area contributed by atoms with E-state index < -0.39 is 0 Å². The van der Waals surface area contributed by atoms with E-state index in [1.807, 2.05) is 12.1 Å². The van der Waals surface area contributed by atoms with Crippen LogP contribution < -0.4 is 5.32 Å². The molecule has 6 heteroatoms. The summed E-state index contributed by atoms with van der Waals surface area (Å²) in [6.07, 6.45) is 0. The van der Waals surface area contributed by atoms with Gasteiger partial charge < -0.3 is 5.32 Å². The SMILES string of the molecule is O=C(NCC(c1cccs1)c1cccs1)c1ccc(Br)s1. The Morgan fingerprint density at radius 1 is 1.10 bits per heavy atom. The Kier molecular flexibility index (Phi) is 4.90. The van der Waals surface area contributed by atoms with E-state index in [1.54, 1.807) is 22.7 Å². The van der Waals surface area contributed by atoms with Gasteiger partial charge in [0.2, 0.25) is 0 Å². The van der Waals surface area contributed by atoms with Gasteiger partial charge in [0, 0.05) is 22.2 Å². The van der Waals surface area contributed by atoms with Gasteiger partial charge in [-0.25, -0.2) is 0 Å². The van der Waals surface area contributed by atoms with E-state index in [2.05, 4.69) is 56.3 Å². The van der Waals surface area contributed by atoms with Gasteiger partial charge in [-0.05, 0) is 51.0 Å². The minimum atomic E-state index is -0.0104. The zero-order chi connectivity index (χ0) is 14.7. The van der Waals surface area contributed by atoms with Crippen molar-refractivity contribution in [3.63, 3.8) is 0 Å². The van der Waals surface area contributed by atoms with Crippen LogP contribution in [0.1, 0.15) is 25.3 Å². The van der Waals surface area contributed by atoms with Crippen molar-refractivity contribution in [1.29, 1.82) is 0 Å². The van der Waals surface area contributed by atoms with Gasteiger partial charge in [0.25, 0.3) is 5.91 Å². The van der Waals surface area contributed by atoms with Crippen LogP contribution in [0.3, 0.4) is 0 Å². The molecule has 0 aromatic carbocycles. The summed E-state index contributed by atoms with van der Waals surface area (Å²) in [5, 5.41) is 7.21. The van der Waals surface area contributed by atoms with Crippen molar-refractivity contribution >= 4 is 55.8 Å². The highest BCUT2D eigenvalue weighted by molar-refractivity contribution is 9.11. The molecule has 21 heavy (non-hydrogen) atoms. The van der Waals surface area contributed by atoms with E-state index in [9.17, 15) is 4.79 Å². The molecule has 0 spiro atoms. The Morgan fingerprint density at radius 3 is 2.24 bits per heavy atom. The average Bonchev–Trinajstić information content (AvgIpc) is 3.21. The van der Waals surface area contributed by atoms with Crippen LogP contribution in [0.25, 0.3) is 0 Å². The van der Waals surface area contributed by atoms with E-state index in [0.29, 0.717) is 6.54 Å². The molecule has 3 aromatic rings. The highest BCUT2D eigenvalue weighted by Gasteiger charge is 2.18. The number of carbonyl (C=O) groups is 1. The lowest BCUT2D eigenvalue weighted by Crippen LogP contribution is -2.27. The fourth-order valence-corrected chi connectivity index (χ4v) is 5.11. The van der Waals surface area contributed by atoms with Crippen molar-refractivity contribution < 1.29 is 4.79 Å². The summed E-state index contributed by atoms with van der Waals surface area (Å²) >= 11 is 8.30. The predicted octanol–water partition coefficient (Wildman–Crippen LogP) is 5.20. The van der Waals surface area contributed by atoms with Gasteiger partial charge >= 0.3 is 0 Å². The fourth-order valence-electron chi connectivity index (χ4n) is 2.04. The summed E-state index contributed by atoms with van der Waals surface area (Å²) in [4.78, 5) is 15.5. The molecule has 108 valence electrons. The summed E-state index contributed by atoms with van der Waals surface area (Å²) in [6, 6.07) is 12.1. The number of carbonyl (C=O) groups excluding carboxylic acids is 1. The minimum Gasteiger partial charge on any atom is -0.350 e. The Hall–Kier alpha value is -0.950. The molecule has 0 aliphatic heterocycles. The zero-order valence-electron chi connectivity index (χ0n) is 10.9. The maximum atomic E-state index is 12.2. The highest BCUT2D eigenvalue weighted by Crippen LogP contribution is 2.31. The second-order valence-corrected chi connectivity index (χ2v) is 8.82. The quantitative estimate of drug-likeness (QED) is 0.629. The molecule has 0 saturated carbocycles. The second-order valence-electron chi connectivity index (χ2n) is 4.40. The molecule has 2 nitrogen and oxygen atoms in total. The van der Waals surface area contributed by atoms with Gasteiger partial charge in [-0.2, -0.15) is 0 Å². The Balaban J connectivity index is 1.72. The molecular weight excluding hydrogens is 386 g/mol. The number of halogens is 1. The fraction of sp³-hybridized carbons (Fsp3) is 0.133. The standard InChI is InChI=1S/C15H12BrNOS3/c16-14-6-5-13(21-14)15(18)17-9-10(11-3-1-7-19-11)12-4-2-8-20-12/h1-8,10H,9H2,(H,17,18). The molecule has 3 aromatic heterocycles. The first kappa shape index (κ1) is 15.0. The van der Waals surface area contributed by atoms with E-state index in [1.165, 1.54) is 21.1 Å². The summed E-state index contributed by atoms with van der Waals surface area (Å²) in [5.41, 5.74) is 0. The molecule has 0 atom stereocenters. The molecule has 0 aliphatic rings. The Morgan fingerprint density at radius 2 is 1.76 bits per heavy atom. The number of rotatable bonds is 5. The third-order valence-corrected chi connectivity index (χ3v) is 6.63. The van der Waals surface area contributed by atoms with Crippen molar-refractivity contribution in [2.24, 2.45) is 0 Å². The van der Waals surface area contributed by atoms with Gasteiger partial charge in [0.05, 0.1) is 8.66 Å². The van der Waals surface area contributed by atoms with Crippen LogP contribution in [0.15, 0.2) is 50.9 Å². The largest absolute Gasteiger partial charge is 0.350 e. The lowest BCUT2D eigenvalue weighted by Gasteiger charge is -2.14. The third-order valence-electron chi connectivity index (χ3n) is 3.04. The third kappa shape index (κ3) is 3.63. The van der Waals surface area contributed by atoms with Crippen LogP contribution in [-0.4, -0.2) is 12.5 Å². The van der Waals surface area contributed by atoms with Crippen LogP contribution >= 0.6 is 49.9 Å². The van der Waals surface area contributed by atoms with Crippen LogP contribution in [0.4, 0.5) is 0 Å². The van der Waals surface area contributed by atoms with E-state index in [0.717, 1.165) is 8.66 Å². The molecule has 1 N–H and O–H groups in total. The van der Waals surface area contributed by atoms with Crippen molar-refractivity contribution in [2.45, 2.75) is 5.92 Å². The molecule has 3 heterocycles. The van der Waals surface area contributed by atoms with Crippen molar-refractivity contribution in [3.8, 4) is 0 Å². The highest BCUT2D eigenvalue weighted by atomic mass is 79.9. The summed E-state index contributed by atoms with van der Waals surface area (Å²) < 4.78 is 0.973. The maximum absolute atomic E-state index is 12.2. The monoisotopic (exact) mass is 397 g/mol. The first-order chi connectivity index (χ1) is 10.2. The second kappa shape index (κ2) is 6.87. The van der Waals surface area contributed by atoms with Crippen LogP contribution in [0.5, 0.6) is 0 Å². The van der Waals surface area contributed by atoms with Crippen LogP contribution in [0, 0.1) is 0 Å². The van der Waals surface area contributed by atoms with Crippen LogP contribution in [0.2, 0.25) is 0 Å². The minimum absolute atomic E-state index is 0.0104. The summed E-state index contributed by atoms with van der Waals surface area (Å²) in [6.45, 7) is 0.620. The summed E-state index contributed by atoms with van der Waals surface area (Å²) in [5.74, 6) is 0.223. The van der Waals surface area contributed by atoms with Gasteiger partial charge in [-0.3, -0.25) is 4.79 Å². The average molecular weight is 398 g/mol. The molecule has 0 saturated heterocycles. The lowest BCUT2D eigenvalue weighted by atomic mass is 10.1. The normalized spacial score (nSPS) is 11.0. The first-order valence-corrected chi connectivity index (χ1v) is 9.71. The van der Waals surface area contributed by atoms with Gasteiger partial charge in [-0.15, -0.1) is 34.0 Å². The smallest absolute Gasteiger partial charge is 0.261 e. The van der Waals surface area contributed by atoms with E-state index in [-0.39, 0.29) is 11.8 Å². The number of hydrogen-bond donors (Lipinski definition) is 1. The first-order valence-electron chi connectivity index (χ1n) is 6.34. The number of nitrogens with one attached hydrogen (secondary N) is 1. The van der Waals surface area contributed by atoms with Crippen molar-refractivity contribution in [3.05, 3.63) is 65.6 Å². The predicted molar refractivity (Wildman–Crippen MR) is 94.8 cm³/mol. The maximum Gasteiger partial charge on any atom is 0.261 e. The molecule has 0 aliphatic carbocycles. The Bertz CT molecular complexity index is 669. The number of amides is 1. The molecule has 0 radical (unpaired) electrons. The zero-order valence-corrected chi connectivity index (χ0v) is 14.9. The van der Waals surface area contributed by atoms with Crippen molar-refractivity contribution in [1.82, 2.24) is 5.32 Å². The van der Waals surface area contributed by atoms with Gasteiger partial charge in [0.15, 0.2) is 0 Å². The molecule has 3 rings (SSSR count). The summed E-state index contributed by atoms with van der Waals surface area (Å²) in [7, 11) is 0. The van der Waals surface area contributed by atoms with Crippen LogP contribution in [-0.2, 0) is 0 Å². The molecular formula is C15H12BrNOS3. The van der Waals surface area contributed by atoms with Gasteiger partial charge in [-0.1, -0.05) is 12.1 Å². The molecule has 0 unspecified atom stereocenters. The van der Waals surface area contributed by atoms with E-state index in [4.69, 9.17) is 0 Å². The molecule has 1 amide bonds. The topological polar surface area (TPSA) is 29.1 Å². The lowest BCUT2D eigenvalue weighted by molar-refractivity contribution is 0.0956. The Labute approximate surface area is 143 Å². The van der Waals surface area contributed by atoms with Gasteiger partial charge in [0.1, 0.15) is 0 Å². The molecule has 0 fully saturated rings. The van der Waals surface area contributed by atoms with Crippen molar-refractivity contribution in [2.75, 3.05) is 6.54 Å². The number of hydrogen-bond acceptors (Lipinski definition) is 4. The number of thiophene rings is 3. The van der Waals surface area contributed by atoms with E-state index >= 15 is 0 Å².